The van der Waals surface area contributed by atoms with Crippen LogP contribution < -0.4 is 5.32 Å². The first-order valence-electron chi connectivity index (χ1n) is 15.0. The summed E-state index contributed by atoms with van der Waals surface area (Å²) in [5.74, 6) is 1.15. The van der Waals surface area contributed by atoms with Gasteiger partial charge in [-0.15, -0.1) is 0 Å². The highest BCUT2D eigenvalue weighted by Gasteiger charge is 2.44. The van der Waals surface area contributed by atoms with Crippen LogP contribution in [0, 0.1) is 6.92 Å². The Morgan fingerprint density at radius 2 is 1.59 bits per heavy atom. The molecule has 1 N–H and O–H groups in total. The third-order valence-corrected chi connectivity index (χ3v) is 9.72. The summed E-state index contributed by atoms with van der Waals surface area (Å²) in [5, 5.41) is 3.16. The van der Waals surface area contributed by atoms with E-state index >= 15 is 0 Å². The summed E-state index contributed by atoms with van der Waals surface area (Å²) in [6.45, 7) is 11.1. The molecule has 3 atom stereocenters. The highest BCUT2D eigenvalue weighted by Crippen LogP contribution is 2.45. The van der Waals surface area contributed by atoms with Gasteiger partial charge in [0.05, 0.1) is 11.0 Å². The van der Waals surface area contributed by atoms with Gasteiger partial charge in [-0.1, -0.05) is 42.5 Å². The second-order valence-corrected chi connectivity index (χ2v) is 13.3. The van der Waals surface area contributed by atoms with Crippen molar-refractivity contribution in [3.8, 4) is 0 Å². The van der Waals surface area contributed by atoms with Crippen molar-refractivity contribution in [1.29, 1.82) is 0 Å². The number of rotatable bonds is 5. The van der Waals surface area contributed by atoms with Crippen LogP contribution in [0.5, 0.6) is 0 Å². The van der Waals surface area contributed by atoms with Gasteiger partial charge < -0.3 is 14.8 Å². The molecule has 0 radical (unpaired) electrons. The zero-order valence-corrected chi connectivity index (χ0v) is 24.2. The molecule has 3 aliphatic heterocycles. The van der Waals surface area contributed by atoms with E-state index in [9.17, 15) is 4.79 Å². The molecule has 2 amide bonds. The van der Waals surface area contributed by atoms with Crippen LogP contribution in [0.2, 0.25) is 0 Å². The molecule has 3 aromatic rings. The van der Waals surface area contributed by atoms with Crippen LogP contribution in [-0.2, 0) is 5.41 Å². The number of fused-ring (bicyclic) bond motifs is 3. The second-order valence-electron chi connectivity index (χ2n) is 13.3. The molecule has 6 nitrogen and oxygen atoms in total. The van der Waals surface area contributed by atoms with Crippen LogP contribution in [0.15, 0.2) is 54.6 Å². The van der Waals surface area contributed by atoms with E-state index in [1.807, 2.05) is 4.90 Å². The van der Waals surface area contributed by atoms with Crippen LogP contribution >= 0.6 is 0 Å². The fourth-order valence-electron chi connectivity index (χ4n) is 7.80. The van der Waals surface area contributed by atoms with Gasteiger partial charge in [0.15, 0.2) is 0 Å². The molecule has 6 heteroatoms. The Bertz CT molecular complexity index is 1290. The largest absolute Gasteiger partial charge is 0.333 e. The summed E-state index contributed by atoms with van der Waals surface area (Å²) in [4.78, 5) is 22.7. The Balaban J connectivity index is 1.16. The third-order valence-electron chi connectivity index (χ3n) is 9.72. The number of urea groups is 1. The minimum atomic E-state index is -0.210. The first kappa shape index (κ1) is 26.4. The van der Waals surface area contributed by atoms with Crippen LogP contribution in [0.3, 0.4) is 0 Å². The molecule has 2 bridgehead atoms. The Morgan fingerprint density at radius 3 is 2.26 bits per heavy atom. The van der Waals surface area contributed by atoms with Crippen molar-refractivity contribution in [3.63, 3.8) is 0 Å². The fraction of sp³-hybridized carbons (Fsp3) is 0.576. The Labute approximate surface area is 233 Å². The topological polar surface area (TPSA) is 53.4 Å². The number of aryl methyl sites for hydroxylation is 1. The number of nitrogens with one attached hydrogen (secondary N) is 1. The standard InChI is InChI=1S/C33H45N5O/c1-24-34-29-12-8-9-13-30(29)38(24)28-22-26-14-15-27(23-28)37(26)21-18-33(25-10-6-5-7-11-25)16-19-36(20-17-33)31(39)35-32(2,3)4/h5-13,26-28H,14-23H2,1-4H3,(H,35,39)/t26-,27+,28?. The maximum Gasteiger partial charge on any atom is 0.317 e. The molecule has 208 valence electrons. The van der Waals surface area contributed by atoms with Gasteiger partial charge in [0.25, 0.3) is 0 Å². The Kier molecular flexibility index (Phi) is 6.95. The van der Waals surface area contributed by atoms with E-state index in [0.717, 1.165) is 50.2 Å². The Morgan fingerprint density at radius 1 is 0.949 bits per heavy atom. The molecule has 1 aromatic heterocycles. The lowest BCUT2D eigenvalue weighted by Gasteiger charge is -2.46. The number of para-hydroxylation sites is 2. The number of piperidine rings is 2. The minimum Gasteiger partial charge on any atom is -0.333 e. The zero-order valence-electron chi connectivity index (χ0n) is 24.2. The lowest BCUT2D eigenvalue weighted by molar-refractivity contribution is 0.0854. The van der Waals surface area contributed by atoms with Crippen LogP contribution in [-0.4, -0.2) is 62.6 Å². The van der Waals surface area contributed by atoms with E-state index in [-0.39, 0.29) is 17.0 Å². The average Bonchev–Trinajstić information content (AvgIpc) is 3.37. The number of hydrogen-bond acceptors (Lipinski definition) is 3. The molecule has 0 aliphatic carbocycles. The van der Waals surface area contributed by atoms with Gasteiger partial charge in [-0.25, -0.2) is 9.78 Å². The Hall–Kier alpha value is -2.86. The predicted molar refractivity (Wildman–Crippen MR) is 158 cm³/mol. The number of nitrogens with zero attached hydrogens (tertiary/aromatic N) is 4. The van der Waals surface area contributed by atoms with Crippen LogP contribution in [0.1, 0.15) is 83.1 Å². The maximum absolute atomic E-state index is 12.9. The number of imidazole rings is 1. The van der Waals surface area contributed by atoms with Gasteiger partial charge in [0, 0.05) is 36.8 Å². The number of hydrogen-bond donors (Lipinski definition) is 1. The molecule has 3 fully saturated rings. The fourth-order valence-corrected chi connectivity index (χ4v) is 7.80. The number of benzene rings is 2. The van der Waals surface area contributed by atoms with Crippen molar-refractivity contribution in [2.45, 2.75) is 102 Å². The molecule has 6 rings (SSSR count). The first-order valence-corrected chi connectivity index (χ1v) is 15.0. The molecule has 0 saturated carbocycles. The highest BCUT2D eigenvalue weighted by atomic mass is 16.2. The van der Waals surface area contributed by atoms with Crippen LogP contribution in [0.4, 0.5) is 4.79 Å². The first-order chi connectivity index (χ1) is 18.7. The van der Waals surface area contributed by atoms with Gasteiger partial charge >= 0.3 is 6.03 Å². The molecule has 4 heterocycles. The molecular weight excluding hydrogens is 482 g/mol. The predicted octanol–water partition coefficient (Wildman–Crippen LogP) is 6.44. The van der Waals surface area contributed by atoms with Crippen molar-refractivity contribution in [2.75, 3.05) is 19.6 Å². The van der Waals surface area contributed by atoms with E-state index in [1.165, 1.54) is 36.8 Å². The van der Waals surface area contributed by atoms with Gasteiger partial charge in [-0.3, -0.25) is 4.90 Å². The molecular formula is C33H45N5O. The lowest BCUT2D eigenvalue weighted by atomic mass is 9.70. The summed E-state index contributed by atoms with van der Waals surface area (Å²) < 4.78 is 2.53. The number of aromatic nitrogens is 2. The van der Waals surface area contributed by atoms with Crippen molar-refractivity contribution in [1.82, 2.24) is 24.7 Å². The molecule has 3 saturated heterocycles. The van der Waals surface area contributed by atoms with Gasteiger partial charge in [-0.05, 0) is 102 Å². The normalized spacial score (nSPS) is 25.2. The van der Waals surface area contributed by atoms with E-state index in [1.54, 1.807) is 0 Å². The van der Waals surface area contributed by atoms with Gasteiger partial charge in [0.2, 0.25) is 0 Å². The number of carbonyl (C=O) groups excluding carboxylic acids is 1. The zero-order chi connectivity index (χ0) is 27.2. The SMILES string of the molecule is Cc1nc2ccccc2n1C1C[C@H]2CC[C@@H](C1)N2CCC1(c2ccccc2)CCN(C(=O)NC(C)(C)C)CC1. The van der Waals surface area contributed by atoms with Crippen molar-refractivity contribution < 1.29 is 4.79 Å². The molecule has 3 aliphatic rings. The molecule has 0 spiro atoms. The monoisotopic (exact) mass is 527 g/mol. The van der Waals surface area contributed by atoms with Crippen LogP contribution in [0.25, 0.3) is 11.0 Å². The van der Waals surface area contributed by atoms with E-state index in [4.69, 9.17) is 4.98 Å². The average molecular weight is 528 g/mol. The molecule has 1 unspecified atom stereocenters. The summed E-state index contributed by atoms with van der Waals surface area (Å²) in [7, 11) is 0. The molecule has 2 aromatic carbocycles. The third kappa shape index (κ3) is 5.20. The quantitative estimate of drug-likeness (QED) is 0.415. The second kappa shape index (κ2) is 10.3. The van der Waals surface area contributed by atoms with Gasteiger partial charge in [0.1, 0.15) is 5.82 Å². The maximum atomic E-state index is 12.9. The van der Waals surface area contributed by atoms with Crippen molar-refractivity contribution in [2.24, 2.45) is 0 Å². The van der Waals surface area contributed by atoms with Crippen molar-refractivity contribution >= 4 is 17.1 Å². The smallest absolute Gasteiger partial charge is 0.317 e. The van der Waals surface area contributed by atoms with E-state index in [2.05, 4.69) is 97.1 Å². The van der Waals surface area contributed by atoms with E-state index < -0.39 is 0 Å². The number of likely N-dealkylation sites (tertiary alicyclic amines) is 1. The summed E-state index contributed by atoms with van der Waals surface area (Å²) in [6.07, 6.45) is 8.28. The highest BCUT2D eigenvalue weighted by molar-refractivity contribution is 5.76. The summed E-state index contributed by atoms with van der Waals surface area (Å²) in [5.41, 5.74) is 3.78. The number of amides is 2. The summed E-state index contributed by atoms with van der Waals surface area (Å²) in [6, 6.07) is 21.7. The number of carbonyl (C=O) groups is 1. The summed E-state index contributed by atoms with van der Waals surface area (Å²) >= 11 is 0. The lowest BCUT2D eigenvalue weighted by Crippen LogP contribution is -2.53. The van der Waals surface area contributed by atoms with E-state index in [0.29, 0.717) is 18.1 Å². The minimum absolute atomic E-state index is 0.0756. The van der Waals surface area contributed by atoms with Crippen molar-refractivity contribution in [3.05, 3.63) is 66.0 Å². The molecule has 39 heavy (non-hydrogen) atoms. The van der Waals surface area contributed by atoms with Gasteiger partial charge in [-0.2, -0.15) is 0 Å².